The first-order chi connectivity index (χ1) is 12.7. The first-order valence-corrected chi connectivity index (χ1v) is 9.57. The Morgan fingerprint density at radius 3 is 3.12 bits per heavy atom. The lowest BCUT2D eigenvalue weighted by molar-refractivity contribution is -0.152. The molecule has 1 amide bonds. The zero-order chi connectivity index (χ0) is 18.4. The van der Waals surface area contributed by atoms with E-state index in [1.165, 1.54) is 0 Å². The van der Waals surface area contributed by atoms with Crippen molar-refractivity contribution in [2.24, 2.45) is 5.92 Å². The third-order valence-electron chi connectivity index (χ3n) is 4.19. The van der Waals surface area contributed by atoms with E-state index in [0.717, 1.165) is 17.7 Å². The molecule has 1 aliphatic heterocycles. The van der Waals surface area contributed by atoms with E-state index in [-0.39, 0.29) is 31.0 Å². The van der Waals surface area contributed by atoms with Crippen molar-refractivity contribution in [2.75, 3.05) is 26.3 Å². The minimum atomic E-state index is -0.239. The van der Waals surface area contributed by atoms with Crippen LogP contribution in [0.4, 0.5) is 0 Å². The van der Waals surface area contributed by atoms with Crippen molar-refractivity contribution in [1.82, 2.24) is 10.1 Å². The fourth-order valence-electron chi connectivity index (χ4n) is 2.91. The topological polar surface area (TPSA) is 81.9 Å². The average Bonchev–Trinajstić information content (AvgIpc) is 3.33. The summed E-state index contributed by atoms with van der Waals surface area (Å²) in [5.74, 6) is 0.102. The molecule has 0 aliphatic carbocycles. The number of nitrogens with zero attached hydrogens (tertiary/aromatic N) is 2. The summed E-state index contributed by atoms with van der Waals surface area (Å²) in [6.07, 6.45) is 1.55. The van der Waals surface area contributed by atoms with Gasteiger partial charge in [-0.3, -0.25) is 9.59 Å². The Morgan fingerprint density at radius 1 is 1.46 bits per heavy atom. The SMILES string of the molecule is CCOC(=O)[C@H]1CCCN(C(=O)COCc2cc(-c3cccs3)on2)C1. The number of esters is 1. The molecule has 26 heavy (non-hydrogen) atoms. The van der Waals surface area contributed by atoms with Gasteiger partial charge in [0.05, 0.1) is 24.0 Å². The van der Waals surface area contributed by atoms with Crippen LogP contribution in [0.5, 0.6) is 0 Å². The number of thiophene rings is 1. The Kier molecular flexibility index (Phi) is 6.40. The molecule has 0 unspecified atom stereocenters. The van der Waals surface area contributed by atoms with Gasteiger partial charge in [0.2, 0.25) is 5.91 Å². The van der Waals surface area contributed by atoms with Gasteiger partial charge in [-0.2, -0.15) is 0 Å². The summed E-state index contributed by atoms with van der Waals surface area (Å²) in [6.45, 7) is 3.34. The lowest BCUT2D eigenvalue weighted by atomic mass is 9.98. The standard InChI is InChI=1S/C18H22N2O5S/c1-2-24-18(22)13-5-3-7-20(10-13)17(21)12-23-11-14-9-15(25-19-14)16-6-4-8-26-16/h4,6,8-9,13H,2-3,5,7,10-12H2,1H3/t13-/m0/s1. The van der Waals surface area contributed by atoms with E-state index in [4.69, 9.17) is 14.0 Å². The molecule has 0 bridgehead atoms. The van der Waals surface area contributed by atoms with Gasteiger partial charge in [0.25, 0.3) is 0 Å². The van der Waals surface area contributed by atoms with Crippen LogP contribution < -0.4 is 0 Å². The molecule has 8 heteroatoms. The molecule has 0 saturated carbocycles. The highest BCUT2D eigenvalue weighted by Gasteiger charge is 2.29. The number of carbonyl (C=O) groups is 2. The van der Waals surface area contributed by atoms with E-state index in [0.29, 0.717) is 31.2 Å². The van der Waals surface area contributed by atoms with Gasteiger partial charge in [-0.15, -0.1) is 11.3 Å². The highest BCUT2D eigenvalue weighted by Crippen LogP contribution is 2.25. The summed E-state index contributed by atoms with van der Waals surface area (Å²) in [7, 11) is 0. The van der Waals surface area contributed by atoms with Crippen molar-refractivity contribution in [3.05, 3.63) is 29.3 Å². The van der Waals surface area contributed by atoms with Crippen LogP contribution in [0.2, 0.25) is 0 Å². The molecule has 140 valence electrons. The second-order valence-corrected chi connectivity index (χ2v) is 7.03. The van der Waals surface area contributed by atoms with E-state index >= 15 is 0 Å². The van der Waals surface area contributed by atoms with Crippen molar-refractivity contribution in [1.29, 1.82) is 0 Å². The van der Waals surface area contributed by atoms with Gasteiger partial charge in [0, 0.05) is 19.2 Å². The summed E-state index contributed by atoms with van der Waals surface area (Å²) in [5.41, 5.74) is 0.643. The second-order valence-electron chi connectivity index (χ2n) is 6.08. The normalized spacial score (nSPS) is 17.3. The van der Waals surface area contributed by atoms with Crippen molar-refractivity contribution in [3.8, 4) is 10.6 Å². The largest absolute Gasteiger partial charge is 0.466 e. The van der Waals surface area contributed by atoms with E-state index in [1.54, 1.807) is 23.2 Å². The molecule has 2 aromatic rings. The maximum atomic E-state index is 12.3. The van der Waals surface area contributed by atoms with Gasteiger partial charge in [0.1, 0.15) is 12.3 Å². The van der Waals surface area contributed by atoms with Gasteiger partial charge in [-0.05, 0) is 31.2 Å². The van der Waals surface area contributed by atoms with E-state index in [1.807, 2.05) is 23.6 Å². The van der Waals surface area contributed by atoms with Gasteiger partial charge < -0.3 is 18.9 Å². The Balaban J connectivity index is 1.44. The minimum absolute atomic E-state index is 0.0449. The third-order valence-corrected chi connectivity index (χ3v) is 5.08. The summed E-state index contributed by atoms with van der Waals surface area (Å²) in [6, 6.07) is 5.71. The number of likely N-dealkylation sites (tertiary alicyclic amines) is 1. The molecule has 0 spiro atoms. The number of hydrogen-bond donors (Lipinski definition) is 0. The smallest absolute Gasteiger partial charge is 0.310 e. The molecule has 0 radical (unpaired) electrons. The number of aromatic nitrogens is 1. The lowest BCUT2D eigenvalue weighted by Crippen LogP contribution is -2.44. The average molecular weight is 378 g/mol. The molecular weight excluding hydrogens is 356 g/mol. The molecule has 3 rings (SSSR count). The van der Waals surface area contributed by atoms with E-state index < -0.39 is 0 Å². The first-order valence-electron chi connectivity index (χ1n) is 8.69. The summed E-state index contributed by atoms with van der Waals surface area (Å²) in [4.78, 5) is 26.8. The van der Waals surface area contributed by atoms with Crippen LogP contribution in [0, 0.1) is 5.92 Å². The maximum Gasteiger partial charge on any atom is 0.310 e. The number of carbonyl (C=O) groups excluding carboxylic acids is 2. The molecule has 0 aromatic carbocycles. The van der Waals surface area contributed by atoms with Crippen LogP contribution in [0.3, 0.4) is 0 Å². The Labute approximate surface area is 155 Å². The fraction of sp³-hybridized carbons (Fsp3) is 0.500. The van der Waals surface area contributed by atoms with Crippen molar-refractivity contribution < 1.29 is 23.6 Å². The maximum absolute atomic E-state index is 12.3. The molecule has 1 saturated heterocycles. The number of ether oxygens (including phenoxy) is 2. The molecule has 3 heterocycles. The predicted octanol–water partition coefficient (Wildman–Crippen LogP) is 2.72. The second kappa shape index (κ2) is 8.95. The monoisotopic (exact) mass is 378 g/mol. The summed E-state index contributed by atoms with van der Waals surface area (Å²) in [5, 5.41) is 5.92. The zero-order valence-electron chi connectivity index (χ0n) is 14.7. The first kappa shape index (κ1) is 18.6. The predicted molar refractivity (Wildman–Crippen MR) is 95.4 cm³/mol. The Morgan fingerprint density at radius 2 is 2.35 bits per heavy atom. The molecule has 0 N–H and O–H groups in total. The molecule has 2 aromatic heterocycles. The molecule has 7 nitrogen and oxygen atoms in total. The Bertz CT molecular complexity index is 728. The van der Waals surface area contributed by atoms with Gasteiger partial charge in [0.15, 0.2) is 5.76 Å². The van der Waals surface area contributed by atoms with Gasteiger partial charge in [-0.25, -0.2) is 0 Å². The van der Waals surface area contributed by atoms with Crippen molar-refractivity contribution in [2.45, 2.75) is 26.4 Å². The van der Waals surface area contributed by atoms with Crippen LogP contribution in [-0.2, 0) is 25.7 Å². The van der Waals surface area contributed by atoms with Crippen LogP contribution in [0.25, 0.3) is 10.6 Å². The molecule has 1 fully saturated rings. The number of rotatable bonds is 7. The van der Waals surface area contributed by atoms with Crippen molar-refractivity contribution in [3.63, 3.8) is 0 Å². The Hall–Kier alpha value is -2.19. The zero-order valence-corrected chi connectivity index (χ0v) is 15.5. The van der Waals surface area contributed by atoms with E-state index in [2.05, 4.69) is 5.16 Å². The van der Waals surface area contributed by atoms with E-state index in [9.17, 15) is 9.59 Å². The number of piperidine rings is 1. The highest BCUT2D eigenvalue weighted by molar-refractivity contribution is 7.13. The molecular formula is C18H22N2O5S. The number of hydrogen-bond acceptors (Lipinski definition) is 7. The quantitative estimate of drug-likeness (QED) is 0.689. The summed E-state index contributed by atoms with van der Waals surface area (Å²) >= 11 is 1.57. The third kappa shape index (κ3) is 4.70. The van der Waals surface area contributed by atoms with Crippen LogP contribution in [0.1, 0.15) is 25.5 Å². The molecule has 1 aliphatic rings. The van der Waals surface area contributed by atoms with Crippen LogP contribution in [-0.4, -0.2) is 48.2 Å². The molecule has 1 atom stereocenters. The highest BCUT2D eigenvalue weighted by atomic mass is 32.1. The lowest BCUT2D eigenvalue weighted by Gasteiger charge is -2.31. The fourth-order valence-corrected chi connectivity index (χ4v) is 3.58. The number of amides is 1. The van der Waals surface area contributed by atoms with Crippen LogP contribution >= 0.6 is 11.3 Å². The summed E-state index contributed by atoms with van der Waals surface area (Å²) < 4.78 is 15.8. The van der Waals surface area contributed by atoms with Crippen LogP contribution in [0.15, 0.2) is 28.1 Å². The van der Waals surface area contributed by atoms with Crippen molar-refractivity contribution >= 4 is 23.2 Å². The minimum Gasteiger partial charge on any atom is -0.466 e. The van der Waals surface area contributed by atoms with Gasteiger partial charge >= 0.3 is 5.97 Å². The van der Waals surface area contributed by atoms with Gasteiger partial charge in [-0.1, -0.05) is 11.2 Å².